The lowest BCUT2D eigenvalue weighted by atomic mass is 10.2. The number of rotatable bonds is 5. The van der Waals surface area contributed by atoms with E-state index in [1.165, 1.54) is 0 Å². The van der Waals surface area contributed by atoms with Crippen molar-refractivity contribution in [1.82, 2.24) is 4.90 Å². The quantitative estimate of drug-likeness (QED) is 0.633. The summed E-state index contributed by atoms with van der Waals surface area (Å²) in [4.78, 5) is 26.2. The molecule has 0 aliphatic heterocycles. The lowest BCUT2D eigenvalue weighted by molar-refractivity contribution is 0.129. The van der Waals surface area contributed by atoms with Gasteiger partial charge in [-0.25, -0.2) is 14.5 Å². The summed E-state index contributed by atoms with van der Waals surface area (Å²) in [7, 11) is 1.57. The van der Waals surface area contributed by atoms with Gasteiger partial charge in [0.05, 0.1) is 13.7 Å². The van der Waals surface area contributed by atoms with Crippen LogP contribution < -0.4 is 14.2 Å². The maximum atomic E-state index is 12.6. The Bertz CT molecular complexity index is 857. The molecule has 0 saturated heterocycles. The van der Waals surface area contributed by atoms with Gasteiger partial charge in [-0.3, -0.25) is 0 Å². The van der Waals surface area contributed by atoms with Crippen LogP contribution in [0.4, 0.5) is 9.59 Å². The molecule has 0 spiro atoms. The van der Waals surface area contributed by atoms with Crippen molar-refractivity contribution in [1.29, 1.82) is 0 Å². The zero-order valence-corrected chi connectivity index (χ0v) is 15.3. The number of carbonyl (C=O) groups is 2. The van der Waals surface area contributed by atoms with E-state index in [2.05, 4.69) is 0 Å². The average Bonchev–Trinajstić information content (AvgIpc) is 2.73. The number of hydrogen-bond acceptors (Lipinski definition) is 5. The van der Waals surface area contributed by atoms with E-state index in [1.54, 1.807) is 92.0 Å². The molecule has 0 radical (unpaired) electrons. The van der Waals surface area contributed by atoms with Crippen molar-refractivity contribution in [2.45, 2.75) is 6.54 Å². The van der Waals surface area contributed by atoms with Gasteiger partial charge >= 0.3 is 12.2 Å². The molecule has 0 fully saturated rings. The first-order chi connectivity index (χ1) is 13.7. The molecule has 0 N–H and O–H groups in total. The SMILES string of the molecule is COc1ccc(CN(C(=O)Oc2ccccc2)C(=O)Oc2ccccc2)cc1. The largest absolute Gasteiger partial charge is 0.497 e. The monoisotopic (exact) mass is 377 g/mol. The molecule has 0 aliphatic rings. The van der Waals surface area contributed by atoms with Gasteiger partial charge in [0, 0.05) is 0 Å². The summed E-state index contributed by atoms with van der Waals surface area (Å²) in [5.74, 6) is 1.34. The maximum Gasteiger partial charge on any atom is 0.425 e. The van der Waals surface area contributed by atoms with Crippen LogP contribution >= 0.6 is 0 Å². The Morgan fingerprint density at radius 3 is 1.57 bits per heavy atom. The summed E-state index contributed by atoms with van der Waals surface area (Å²) in [6.07, 6.45) is -1.66. The highest BCUT2D eigenvalue weighted by atomic mass is 16.6. The molecule has 0 atom stereocenters. The molecule has 3 aromatic rings. The number of hydrogen-bond donors (Lipinski definition) is 0. The van der Waals surface area contributed by atoms with Crippen LogP contribution in [0.3, 0.4) is 0 Å². The number of benzene rings is 3. The molecule has 3 aromatic carbocycles. The second-order valence-electron chi connectivity index (χ2n) is 5.80. The summed E-state index contributed by atoms with van der Waals surface area (Å²) in [6.45, 7) is -0.0126. The second kappa shape index (κ2) is 9.23. The molecule has 2 amide bonds. The van der Waals surface area contributed by atoms with Gasteiger partial charge in [0.2, 0.25) is 0 Å². The van der Waals surface area contributed by atoms with Gasteiger partial charge in [0.1, 0.15) is 17.2 Å². The van der Waals surface area contributed by atoms with Crippen LogP contribution in [0.1, 0.15) is 5.56 Å². The number of amides is 2. The fraction of sp³-hybridized carbons (Fsp3) is 0.0909. The lowest BCUT2D eigenvalue weighted by Crippen LogP contribution is -2.40. The van der Waals surface area contributed by atoms with Crippen molar-refractivity contribution in [3.63, 3.8) is 0 Å². The number of nitrogens with zero attached hydrogens (tertiary/aromatic N) is 1. The first-order valence-corrected chi connectivity index (χ1v) is 8.60. The first kappa shape index (κ1) is 19.0. The third-order valence-corrected chi connectivity index (χ3v) is 3.84. The van der Waals surface area contributed by atoms with E-state index >= 15 is 0 Å². The summed E-state index contributed by atoms with van der Waals surface area (Å²) in [5, 5.41) is 0. The van der Waals surface area contributed by atoms with E-state index in [0.29, 0.717) is 17.2 Å². The van der Waals surface area contributed by atoms with Crippen molar-refractivity contribution >= 4 is 12.2 Å². The topological polar surface area (TPSA) is 65.1 Å². The number of imide groups is 1. The van der Waals surface area contributed by atoms with Crippen molar-refractivity contribution < 1.29 is 23.8 Å². The summed E-state index contributed by atoms with van der Waals surface area (Å²) in [6, 6.07) is 24.1. The standard InChI is InChI=1S/C22H19NO5/c1-26-18-14-12-17(13-15-18)16-23(21(24)27-19-8-4-2-5-9-19)22(25)28-20-10-6-3-7-11-20/h2-15H,16H2,1H3. The van der Waals surface area contributed by atoms with Gasteiger partial charge in [-0.15, -0.1) is 0 Å². The van der Waals surface area contributed by atoms with E-state index in [1.807, 2.05) is 0 Å². The molecular formula is C22H19NO5. The van der Waals surface area contributed by atoms with Crippen LogP contribution in [0, 0.1) is 0 Å². The third kappa shape index (κ3) is 5.11. The van der Waals surface area contributed by atoms with E-state index in [9.17, 15) is 9.59 Å². The first-order valence-electron chi connectivity index (χ1n) is 8.60. The molecule has 6 nitrogen and oxygen atoms in total. The molecule has 0 heterocycles. The van der Waals surface area contributed by atoms with Gasteiger partial charge in [-0.05, 0) is 42.0 Å². The Labute approximate surface area is 162 Å². The highest BCUT2D eigenvalue weighted by molar-refractivity contribution is 5.89. The fourth-order valence-corrected chi connectivity index (χ4v) is 2.41. The van der Waals surface area contributed by atoms with Gasteiger partial charge in [0.25, 0.3) is 0 Å². The van der Waals surface area contributed by atoms with E-state index in [4.69, 9.17) is 14.2 Å². The fourth-order valence-electron chi connectivity index (χ4n) is 2.41. The molecule has 0 aromatic heterocycles. The summed E-state index contributed by atoms with van der Waals surface area (Å²) >= 11 is 0. The highest BCUT2D eigenvalue weighted by Gasteiger charge is 2.26. The molecule has 6 heteroatoms. The Kier molecular flexibility index (Phi) is 6.25. The minimum Gasteiger partial charge on any atom is -0.497 e. The van der Waals surface area contributed by atoms with Crippen LogP contribution in [-0.2, 0) is 6.54 Å². The van der Waals surface area contributed by atoms with Gasteiger partial charge in [-0.2, -0.15) is 0 Å². The Morgan fingerprint density at radius 1 is 0.679 bits per heavy atom. The molecular weight excluding hydrogens is 358 g/mol. The minimum absolute atomic E-state index is 0.0126. The number of carbonyl (C=O) groups excluding carboxylic acids is 2. The normalized spacial score (nSPS) is 10.0. The van der Waals surface area contributed by atoms with Crippen LogP contribution in [0.25, 0.3) is 0 Å². The number of methoxy groups -OCH3 is 1. The number of para-hydroxylation sites is 2. The summed E-state index contributed by atoms with van der Waals surface area (Å²) in [5.41, 5.74) is 0.718. The Morgan fingerprint density at radius 2 is 1.14 bits per heavy atom. The van der Waals surface area contributed by atoms with Crippen molar-refractivity contribution in [3.05, 3.63) is 90.5 Å². The Hall–Kier alpha value is -3.80. The molecule has 0 bridgehead atoms. The van der Waals surface area contributed by atoms with Gasteiger partial charge in [0.15, 0.2) is 0 Å². The van der Waals surface area contributed by atoms with Gasteiger partial charge in [-0.1, -0.05) is 48.5 Å². The van der Waals surface area contributed by atoms with Crippen molar-refractivity contribution in [2.75, 3.05) is 7.11 Å². The lowest BCUT2D eigenvalue weighted by Gasteiger charge is -2.20. The van der Waals surface area contributed by atoms with Crippen molar-refractivity contribution in [2.24, 2.45) is 0 Å². The van der Waals surface area contributed by atoms with E-state index < -0.39 is 12.2 Å². The third-order valence-electron chi connectivity index (χ3n) is 3.84. The number of ether oxygens (including phenoxy) is 3. The molecule has 28 heavy (non-hydrogen) atoms. The average molecular weight is 377 g/mol. The van der Waals surface area contributed by atoms with E-state index in [-0.39, 0.29) is 6.54 Å². The molecule has 142 valence electrons. The molecule has 3 rings (SSSR count). The Balaban J connectivity index is 1.79. The zero-order chi connectivity index (χ0) is 19.8. The zero-order valence-electron chi connectivity index (χ0n) is 15.3. The smallest absolute Gasteiger partial charge is 0.425 e. The maximum absolute atomic E-state index is 12.6. The van der Waals surface area contributed by atoms with Crippen LogP contribution in [0.5, 0.6) is 17.2 Å². The molecule has 0 aliphatic carbocycles. The molecule has 0 saturated carbocycles. The minimum atomic E-state index is -0.831. The summed E-state index contributed by atoms with van der Waals surface area (Å²) < 4.78 is 15.8. The van der Waals surface area contributed by atoms with Crippen LogP contribution in [0.15, 0.2) is 84.9 Å². The molecule has 0 unspecified atom stereocenters. The van der Waals surface area contributed by atoms with E-state index in [0.717, 1.165) is 10.5 Å². The van der Waals surface area contributed by atoms with Crippen LogP contribution in [-0.4, -0.2) is 24.2 Å². The van der Waals surface area contributed by atoms with Crippen molar-refractivity contribution in [3.8, 4) is 17.2 Å². The highest BCUT2D eigenvalue weighted by Crippen LogP contribution is 2.17. The predicted octanol–water partition coefficient (Wildman–Crippen LogP) is 4.90. The predicted molar refractivity (Wildman–Crippen MR) is 103 cm³/mol. The van der Waals surface area contributed by atoms with Gasteiger partial charge < -0.3 is 14.2 Å². The second-order valence-corrected chi connectivity index (χ2v) is 5.80. The van der Waals surface area contributed by atoms with Crippen LogP contribution in [0.2, 0.25) is 0 Å².